The summed E-state index contributed by atoms with van der Waals surface area (Å²) in [4.78, 5) is 21.6. The Morgan fingerprint density at radius 3 is 2.57 bits per heavy atom. The number of anilines is 3. The SMILES string of the molecule is COc1ccc2c(Nc3cc(C)n[nH]3)nc(Sc3ccc(NC(C)=O)cc3)nc2c1. The summed E-state index contributed by atoms with van der Waals surface area (Å²) in [5.74, 6) is 2.04. The lowest BCUT2D eigenvalue weighted by Crippen LogP contribution is -2.05. The summed E-state index contributed by atoms with van der Waals surface area (Å²) in [6.45, 7) is 3.39. The number of carbonyl (C=O) groups is 1. The Hall–Kier alpha value is -3.59. The number of hydrogen-bond donors (Lipinski definition) is 3. The lowest BCUT2D eigenvalue weighted by atomic mass is 10.2. The van der Waals surface area contributed by atoms with Crippen LogP contribution in [0.2, 0.25) is 0 Å². The number of amides is 1. The first kappa shape index (κ1) is 19.7. The molecule has 0 aliphatic rings. The number of nitrogens with zero attached hydrogens (tertiary/aromatic N) is 3. The summed E-state index contributed by atoms with van der Waals surface area (Å²) in [5, 5.41) is 14.6. The zero-order chi connectivity index (χ0) is 21.1. The predicted molar refractivity (Wildman–Crippen MR) is 118 cm³/mol. The Balaban J connectivity index is 1.69. The van der Waals surface area contributed by atoms with Crippen LogP contribution in [-0.2, 0) is 4.79 Å². The normalized spacial score (nSPS) is 10.8. The fourth-order valence-corrected chi connectivity index (χ4v) is 3.65. The van der Waals surface area contributed by atoms with E-state index in [1.807, 2.05) is 55.5 Å². The maximum atomic E-state index is 11.2. The molecule has 0 saturated carbocycles. The number of aromatic amines is 1. The molecule has 0 atom stereocenters. The summed E-state index contributed by atoms with van der Waals surface area (Å²) in [5.41, 5.74) is 2.39. The highest BCUT2D eigenvalue weighted by molar-refractivity contribution is 7.99. The van der Waals surface area contributed by atoms with Gasteiger partial charge in [-0.05, 0) is 55.1 Å². The van der Waals surface area contributed by atoms with Crippen LogP contribution in [0.3, 0.4) is 0 Å². The Labute approximate surface area is 177 Å². The molecule has 0 bridgehead atoms. The van der Waals surface area contributed by atoms with Crippen molar-refractivity contribution in [2.45, 2.75) is 23.9 Å². The van der Waals surface area contributed by atoms with Crippen LogP contribution in [0.25, 0.3) is 10.9 Å². The van der Waals surface area contributed by atoms with Crippen molar-refractivity contribution < 1.29 is 9.53 Å². The van der Waals surface area contributed by atoms with E-state index in [-0.39, 0.29) is 5.91 Å². The van der Waals surface area contributed by atoms with Crippen molar-refractivity contribution in [1.82, 2.24) is 20.2 Å². The average molecular weight is 420 g/mol. The van der Waals surface area contributed by atoms with Crippen molar-refractivity contribution in [3.63, 3.8) is 0 Å². The van der Waals surface area contributed by atoms with E-state index in [0.717, 1.165) is 38.7 Å². The second-order valence-corrected chi connectivity index (χ2v) is 7.63. The van der Waals surface area contributed by atoms with Gasteiger partial charge in [-0.2, -0.15) is 5.10 Å². The van der Waals surface area contributed by atoms with Gasteiger partial charge in [0.05, 0.1) is 18.3 Å². The van der Waals surface area contributed by atoms with Crippen LogP contribution in [0.15, 0.2) is 58.6 Å². The number of methoxy groups -OCH3 is 1. The molecule has 2 heterocycles. The van der Waals surface area contributed by atoms with Crippen LogP contribution in [0, 0.1) is 6.92 Å². The summed E-state index contributed by atoms with van der Waals surface area (Å²) in [7, 11) is 1.63. The third-order valence-corrected chi connectivity index (χ3v) is 5.10. The highest BCUT2D eigenvalue weighted by Crippen LogP contribution is 2.32. The average Bonchev–Trinajstić information content (AvgIpc) is 3.13. The number of aryl methyl sites for hydroxylation is 1. The maximum absolute atomic E-state index is 11.2. The standard InChI is InChI=1S/C21H20N6O2S/c1-12-10-19(27-26-12)24-20-17-9-6-15(29-3)11-18(17)23-21(25-20)30-16-7-4-14(5-8-16)22-13(2)28/h4-11H,1-3H3,(H,22,28)(H2,23,24,25,26,27). The molecule has 4 aromatic rings. The Morgan fingerprint density at radius 1 is 1.10 bits per heavy atom. The van der Waals surface area contributed by atoms with E-state index in [1.165, 1.54) is 18.7 Å². The topological polar surface area (TPSA) is 105 Å². The Kier molecular flexibility index (Phi) is 5.53. The van der Waals surface area contributed by atoms with Crippen LogP contribution in [0.5, 0.6) is 5.75 Å². The number of rotatable bonds is 6. The number of H-pyrrole nitrogens is 1. The lowest BCUT2D eigenvalue weighted by molar-refractivity contribution is -0.114. The van der Waals surface area contributed by atoms with Crippen LogP contribution in [0.1, 0.15) is 12.6 Å². The minimum absolute atomic E-state index is 0.105. The van der Waals surface area contributed by atoms with E-state index < -0.39 is 0 Å². The molecule has 0 saturated heterocycles. The molecular formula is C21H20N6O2S. The number of ether oxygens (including phenoxy) is 1. The fourth-order valence-electron chi connectivity index (χ4n) is 2.88. The molecule has 0 aliphatic carbocycles. The molecule has 1 amide bonds. The Bertz CT molecular complexity index is 1210. The first-order chi connectivity index (χ1) is 14.5. The van der Waals surface area contributed by atoms with Crippen molar-refractivity contribution in [2.75, 3.05) is 17.7 Å². The van der Waals surface area contributed by atoms with Crippen LogP contribution < -0.4 is 15.4 Å². The number of nitrogens with one attached hydrogen (secondary N) is 3. The second-order valence-electron chi connectivity index (χ2n) is 6.59. The van der Waals surface area contributed by atoms with Gasteiger partial charge in [-0.25, -0.2) is 9.97 Å². The highest BCUT2D eigenvalue weighted by Gasteiger charge is 2.12. The number of fused-ring (bicyclic) bond motifs is 1. The van der Waals surface area contributed by atoms with Crippen molar-refractivity contribution >= 4 is 45.9 Å². The van der Waals surface area contributed by atoms with E-state index >= 15 is 0 Å². The van der Waals surface area contributed by atoms with E-state index in [2.05, 4.69) is 20.8 Å². The molecule has 30 heavy (non-hydrogen) atoms. The minimum atomic E-state index is -0.105. The van der Waals surface area contributed by atoms with Gasteiger partial charge >= 0.3 is 0 Å². The smallest absolute Gasteiger partial charge is 0.221 e. The summed E-state index contributed by atoms with van der Waals surface area (Å²) < 4.78 is 5.35. The third-order valence-electron chi connectivity index (χ3n) is 4.23. The molecule has 0 radical (unpaired) electrons. The summed E-state index contributed by atoms with van der Waals surface area (Å²) in [6.07, 6.45) is 0. The molecule has 3 N–H and O–H groups in total. The van der Waals surface area contributed by atoms with Crippen molar-refractivity contribution in [2.24, 2.45) is 0 Å². The second kappa shape index (κ2) is 8.42. The zero-order valence-corrected chi connectivity index (χ0v) is 17.5. The van der Waals surface area contributed by atoms with Crippen molar-refractivity contribution in [3.05, 3.63) is 54.2 Å². The van der Waals surface area contributed by atoms with E-state index in [1.54, 1.807) is 7.11 Å². The number of benzene rings is 2. The molecule has 9 heteroatoms. The van der Waals surface area contributed by atoms with Crippen LogP contribution >= 0.6 is 11.8 Å². The van der Waals surface area contributed by atoms with Gasteiger partial charge in [-0.15, -0.1) is 0 Å². The molecule has 152 valence electrons. The molecule has 0 aliphatic heterocycles. The summed E-state index contributed by atoms with van der Waals surface area (Å²) in [6, 6.07) is 15.1. The molecule has 8 nitrogen and oxygen atoms in total. The van der Waals surface area contributed by atoms with Crippen LogP contribution in [0.4, 0.5) is 17.3 Å². The van der Waals surface area contributed by atoms with Crippen LogP contribution in [-0.4, -0.2) is 33.2 Å². The lowest BCUT2D eigenvalue weighted by Gasteiger charge is -2.11. The van der Waals surface area contributed by atoms with Crippen molar-refractivity contribution in [1.29, 1.82) is 0 Å². The molecule has 0 spiro atoms. The fraction of sp³-hybridized carbons (Fsp3) is 0.143. The molecule has 2 aromatic heterocycles. The molecule has 0 fully saturated rings. The molecular weight excluding hydrogens is 400 g/mol. The highest BCUT2D eigenvalue weighted by atomic mass is 32.2. The quantitative estimate of drug-likeness (QED) is 0.394. The third kappa shape index (κ3) is 4.52. The zero-order valence-electron chi connectivity index (χ0n) is 16.7. The van der Waals surface area contributed by atoms with Gasteiger partial charge in [0.1, 0.15) is 17.4 Å². The summed E-state index contributed by atoms with van der Waals surface area (Å²) >= 11 is 1.43. The number of aromatic nitrogens is 4. The largest absolute Gasteiger partial charge is 0.497 e. The number of carbonyl (C=O) groups excluding carboxylic acids is 1. The monoisotopic (exact) mass is 420 g/mol. The van der Waals surface area contributed by atoms with Gasteiger partial charge < -0.3 is 15.4 Å². The van der Waals surface area contributed by atoms with E-state index in [4.69, 9.17) is 14.7 Å². The van der Waals surface area contributed by atoms with Gasteiger partial charge in [0, 0.05) is 35.0 Å². The van der Waals surface area contributed by atoms with Gasteiger partial charge in [-0.3, -0.25) is 9.89 Å². The first-order valence-corrected chi connectivity index (χ1v) is 10.0. The van der Waals surface area contributed by atoms with Gasteiger partial charge in [0.2, 0.25) is 5.91 Å². The van der Waals surface area contributed by atoms with Crippen molar-refractivity contribution in [3.8, 4) is 5.75 Å². The van der Waals surface area contributed by atoms with Gasteiger partial charge in [0.25, 0.3) is 0 Å². The molecule has 4 rings (SSSR count). The minimum Gasteiger partial charge on any atom is -0.497 e. The molecule has 0 unspecified atom stereocenters. The maximum Gasteiger partial charge on any atom is 0.221 e. The van der Waals surface area contributed by atoms with Gasteiger partial charge in [0.15, 0.2) is 5.16 Å². The van der Waals surface area contributed by atoms with E-state index in [9.17, 15) is 4.79 Å². The number of hydrogen-bond acceptors (Lipinski definition) is 7. The predicted octanol–water partition coefficient (Wildman–Crippen LogP) is 4.52. The van der Waals surface area contributed by atoms with E-state index in [0.29, 0.717) is 11.0 Å². The molecule has 2 aromatic carbocycles. The Morgan fingerprint density at radius 2 is 1.90 bits per heavy atom. The first-order valence-electron chi connectivity index (χ1n) is 9.20. The van der Waals surface area contributed by atoms with Gasteiger partial charge in [-0.1, -0.05) is 0 Å².